The van der Waals surface area contributed by atoms with Crippen LogP contribution in [0.5, 0.6) is 17.2 Å². The highest BCUT2D eigenvalue weighted by Gasteiger charge is 2.12. The summed E-state index contributed by atoms with van der Waals surface area (Å²) in [5.41, 5.74) is 4.83. The summed E-state index contributed by atoms with van der Waals surface area (Å²) in [7, 11) is 0. The number of halogens is 1. The predicted octanol–water partition coefficient (Wildman–Crippen LogP) is 5.59. The number of hydrogen-bond donors (Lipinski definition) is 1. The van der Waals surface area contributed by atoms with E-state index >= 15 is 0 Å². The molecule has 0 radical (unpaired) electrons. The van der Waals surface area contributed by atoms with Crippen LogP contribution in [-0.2, 0) is 6.61 Å². The molecule has 1 amide bonds. The van der Waals surface area contributed by atoms with E-state index in [4.69, 9.17) is 14.2 Å². The number of nitrogens with one attached hydrogen (secondary N) is 1. The molecule has 7 heteroatoms. The Morgan fingerprint density at radius 1 is 0.969 bits per heavy atom. The van der Waals surface area contributed by atoms with Gasteiger partial charge >= 0.3 is 0 Å². The fourth-order valence-electron chi connectivity index (χ4n) is 2.89. The summed E-state index contributed by atoms with van der Waals surface area (Å²) >= 11 is 3.55. The molecule has 0 aromatic heterocycles. The molecule has 0 heterocycles. The van der Waals surface area contributed by atoms with E-state index in [9.17, 15) is 4.79 Å². The van der Waals surface area contributed by atoms with Crippen LogP contribution in [0.1, 0.15) is 35.3 Å². The largest absolute Gasteiger partial charge is 0.494 e. The van der Waals surface area contributed by atoms with Crippen molar-refractivity contribution in [3.8, 4) is 17.2 Å². The van der Waals surface area contributed by atoms with Crippen LogP contribution in [0.2, 0.25) is 0 Å². The number of hydrogen-bond acceptors (Lipinski definition) is 5. The lowest BCUT2D eigenvalue weighted by molar-refractivity contribution is 0.0955. The van der Waals surface area contributed by atoms with Gasteiger partial charge < -0.3 is 14.2 Å². The number of carbonyl (C=O) groups excluding carboxylic acids is 1. The topological polar surface area (TPSA) is 69.2 Å². The molecule has 0 saturated carbocycles. The fraction of sp³-hybridized carbons (Fsp3) is 0.200. The maximum atomic E-state index is 12.3. The number of hydrazone groups is 1. The molecular weight excluding hydrogens is 472 g/mol. The van der Waals surface area contributed by atoms with Gasteiger partial charge in [0.1, 0.15) is 12.4 Å². The quantitative estimate of drug-likeness (QED) is 0.293. The number of rotatable bonds is 10. The Kier molecular flexibility index (Phi) is 8.69. The third-order valence-electron chi connectivity index (χ3n) is 4.36. The molecule has 0 atom stereocenters. The van der Waals surface area contributed by atoms with Crippen LogP contribution in [0.15, 0.2) is 76.3 Å². The van der Waals surface area contributed by atoms with Gasteiger partial charge in [-0.15, -0.1) is 0 Å². The molecule has 32 heavy (non-hydrogen) atoms. The Morgan fingerprint density at radius 2 is 1.69 bits per heavy atom. The van der Waals surface area contributed by atoms with Gasteiger partial charge in [-0.05, 0) is 77.3 Å². The Labute approximate surface area is 196 Å². The molecule has 0 saturated heterocycles. The first-order chi connectivity index (χ1) is 15.6. The van der Waals surface area contributed by atoms with Crippen molar-refractivity contribution in [2.75, 3.05) is 13.2 Å². The van der Waals surface area contributed by atoms with E-state index in [2.05, 4.69) is 26.5 Å². The van der Waals surface area contributed by atoms with Gasteiger partial charge in [-0.25, -0.2) is 5.43 Å². The average molecular weight is 497 g/mol. The first-order valence-corrected chi connectivity index (χ1v) is 11.1. The van der Waals surface area contributed by atoms with Gasteiger partial charge in [0.15, 0.2) is 11.5 Å². The highest BCUT2D eigenvalue weighted by atomic mass is 79.9. The lowest BCUT2D eigenvalue weighted by Crippen LogP contribution is -2.17. The summed E-state index contributed by atoms with van der Waals surface area (Å²) < 4.78 is 17.9. The van der Waals surface area contributed by atoms with Gasteiger partial charge in [0.25, 0.3) is 5.91 Å². The van der Waals surface area contributed by atoms with Gasteiger partial charge in [-0.2, -0.15) is 5.10 Å². The van der Waals surface area contributed by atoms with Crippen LogP contribution in [-0.4, -0.2) is 25.3 Å². The summed E-state index contributed by atoms with van der Waals surface area (Å²) in [5, 5.41) is 4.07. The van der Waals surface area contributed by atoms with Crippen LogP contribution >= 0.6 is 15.9 Å². The van der Waals surface area contributed by atoms with Crippen LogP contribution in [0, 0.1) is 0 Å². The Balaban J connectivity index is 1.67. The van der Waals surface area contributed by atoms with E-state index in [1.165, 1.54) is 0 Å². The maximum absolute atomic E-state index is 12.3. The Hall–Kier alpha value is -3.32. The Morgan fingerprint density at radius 3 is 2.38 bits per heavy atom. The summed E-state index contributed by atoms with van der Waals surface area (Å²) in [6, 6.07) is 20.5. The number of ether oxygens (including phenoxy) is 3. The molecule has 0 aliphatic heterocycles. The second-order valence-corrected chi connectivity index (χ2v) is 7.55. The van der Waals surface area contributed by atoms with E-state index in [0.717, 1.165) is 21.3 Å². The third kappa shape index (κ3) is 6.59. The molecule has 3 rings (SSSR count). The van der Waals surface area contributed by atoms with Crippen molar-refractivity contribution in [2.45, 2.75) is 20.5 Å². The SMILES string of the molecule is CCOc1ccc(C(=O)N/N=C\c2cc(Br)c(OCc3ccccc3)c(OCC)c2)cc1. The first kappa shape index (κ1) is 23.3. The molecule has 0 fully saturated rings. The first-order valence-electron chi connectivity index (χ1n) is 10.3. The van der Waals surface area contributed by atoms with Crippen molar-refractivity contribution >= 4 is 28.1 Å². The number of amides is 1. The van der Waals surface area contributed by atoms with Crippen molar-refractivity contribution < 1.29 is 19.0 Å². The minimum absolute atomic E-state index is 0.309. The zero-order chi connectivity index (χ0) is 22.8. The van der Waals surface area contributed by atoms with Crippen molar-refractivity contribution in [3.05, 3.63) is 87.9 Å². The van der Waals surface area contributed by atoms with Gasteiger partial charge in [-0.1, -0.05) is 30.3 Å². The predicted molar refractivity (Wildman–Crippen MR) is 129 cm³/mol. The molecule has 0 aliphatic rings. The number of benzene rings is 3. The highest BCUT2D eigenvalue weighted by molar-refractivity contribution is 9.10. The monoisotopic (exact) mass is 496 g/mol. The minimum Gasteiger partial charge on any atom is -0.494 e. The van der Waals surface area contributed by atoms with Crippen molar-refractivity contribution in [1.82, 2.24) is 5.43 Å². The summed E-state index contributed by atoms with van der Waals surface area (Å²) in [5.74, 6) is 1.62. The molecule has 0 spiro atoms. The molecule has 0 aliphatic carbocycles. The third-order valence-corrected chi connectivity index (χ3v) is 4.95. The molecule has 6 nitrogen and oxygen atoms in total. The molecule has 0 unspecified atom stereocenters. The van der Waals surface area contributed by atoms with Gasteiger partial charge in [-0.3, -0.25) is 4.79 Å². The van der Waals surface area contributed by atoms with Crippen LogP contribution in [0.25, 0.3) is 0 Å². The van der Waals surface area contributed by atoms with Gasteiger partial charge in [0, 0.05) is 5.56 Å². The summed E-state index contributed by atoms with van der Waals surface area (Å²) in [6.07, 6.45) is 1.56. The van der Waals surface area contributed by atoms with Crippen LogP contribution < -0.4 is 19.6 Å². The Bertz CT molecular complexity index is 1050. The zero-order valence-corrected chi connectivity index (χ0v) is 19.6. The molecule has 3 aromatic rings. The number of carbonyl (C=O) groups is 1. The summed E-state index contributed by atoms with van der Waals surface area (Å²) in [4.78, 5) is 12.3. The van der Waals surface area contributed by atoms with E-state index in [0.29, 0.717) is 36.9 Å². The normalized spacial score (nSPS) is 10.7. The standard InChI is InChI=1S/C25H25BrN2O4/c1-3-30-21-12-10-20(11-13-21)25(29)28-27-16-19-14-22(26)24(23(15-19)31-4-2)32-17-18-8-6-5-7-9-18/h5-16H,3-4,17H2,1-2H3,(H,28,29)/b27-16-. The molecular formula is C25H25BrN2O4. The summed E-state index contributed by atoms with van der Waals surface area (Å²) in [6.45, 7) is 5.30. The molecule has 0 bridgehead atoms. The molecule has 1 N–H and O–H groups in total. The van der Waals surface area contributed by atoms with E-state index < -0.39 is 0 Å². The number of nitrogens with zero attached hydrogens (tertiary/aromatic N) is 1. The van der Waals surface area contributed by atoms with Crippen molar-refractivity contribution in [2.24, 2.45) is 5.10 Å². The molecule has 3 aromatic carbocycles. The van der Waals surface area contributed by atoms with Gasteiger partial charge in [0.2, 0.25) is 0 Å². The van der Waals surface area contributed by atoms with Crippen molar-refractivity contribution in [1.29, 1.82) is 0 Å². The minimum atomic E-state index is -0.309. The highest BCUT2D eigenvalue weighted by Crippen LogP contribution is 2.37. The second kappa shape index (κ2) is 11.9. The van der Waals surface area contributed by atoms with Crippen LogP contribution in [0.4, 0.5) is 0 Å². The average Bonchev–Trinajstić information content (AvgIpc) is 2.80. The van der Waals surface area contributed by atoms with Gasteiger partial charge in [0.05, 0.1) is 23.9 Å². The smallest absolute Gasteiger partial charge is 0.271 e. The maximum Gasteiger partial charge on any atom is 0.271 e. The van der Waals surface area contributed by atoms with E-state index in [-0.39, 0.29) is 5.91 Å². The lowest BCUT2D eigenvalue weighted by Gasteiger charge is -2.14. The van der Waals surface area contributed by atoms with E-state index in [1.54, 1.807) is 30.5 Å². The zero-order valence-electron chi connectivity index (χ0n) is 18.0. The fourth-order valence-corrected chi connectivity index (χ4v) is 3.47. The second-order valence-electron chi connectivity index (χ2n) is 6.69. The lowest BCUT2D eigenvalue weighted by atomic mass is 10.2. The van der Waals surface area contributed by atoms with Crippen LogP contribution in [0.3, 0.4) is 0 Å². The molecule has 166 valence electrons. The van der Waals surface area contributed by atoms with E-state index in [1.807, 2.05) is 56.3 Å². The van der Waals surface area contributed by atoms with Crippen molar-refractivity contribution in [3.63, 3.8) is 0 Å².